The molecule has 0 saturated heterocycles. The number of halogens is 1. The van der Waals surface area contributed by atoms with Crippen LogP contribution in [0.1, 0.15) is 11.7 Å². The second kappa shape index (κ2) is 5.32. The minimum atomic E-state index is -1.07. The van der Waals surface area contributed by atoms with Gasteiger partial charge in [0.25, 0.3) is 0 Å². The van der Waals surface area contributed by atoms with Gasteiger partial charge in [0.2, 0.25) is 0 Å². The van der Waals surface area contributed by atoms with E-state index in [0.29, 0.717) is 16.3 Å². The van der Waals surface area contributed by atoms with E-state index in [1.807, 2.05) is 0 Å². The maximum Gasteiger partial charge on any atom is 0.126 e. The minimum Gasteiger partial charge on any atom is -0.496 e. The SMILES string of the molecule is COc1cc(Cl)ccc1C(O)C(O)CN. The first-order valence-corrected chi connectivity index (χ1v) is 4.87. The monoisotopic (exact) mass is 231 g/mol. The summed E-state index contributed by atoms with van der Waals surface area (Å²) >= 11 is 5.76. The highest BCUT2D eigenvalue weighted by atomic mass is 35.5. The molecule has 1 aromatic carbocycles. The van der Waals surface area contributed by atoms with E-state index in [0.717, 1.165) is 0 Å². The maximum atomic E-state index is 9.74. The number of benzene rings is 1. The molecule has 1 aromatic rings. The lowest BCUT2D eigenvalue weighted by molar-refractivity contribution is 0.0229. The van der Waals surface area contributed by atoms with Crippen molar-refractivity contribution in [1.82, 2.24) is 0 Å². The summed E-state index contributed by atoms with van der Waals surface area (Å²) in [5, 5.41) is 19.6. The number of nitrogens with two attached hydrogens (primary N) is 1. The summed E-state index contributed by atoms with van der Waals surface area (Å²) < 4.78 is 5.05. The van der Waals surface area contributed by atoms with E-state index in [1.54, 1.807) is 18.2 Å². The average molecular weight is 232 g/mol. The van der Waals surface area contributed by atoms with Crippen molar-refractivity contribution < 1.29 is 14.9 Å². The molecule has 4 nitrogen and oxygen atoms in total. The van der Waals surface area contributed by atoms with Crippen LogP contribution in [0.15, 0.2) is 18.2 Å². The standard InChI is InChI=1S/C10H14ClNO3/c1-15-9-4-6(11)2-3-7(9)10(14)8(13)5-12/h2-4,8,10,13-14H,5,12H2,1H3. The number of aliphatic hydroxyl groups is 2. The van der Waals surface area contributed by atoms with Crippen molar-refractivity contribution in [3.63, 3.8) is 0 Å². The van der Waals surface area contributed by atoms with Crippen LogP contribution in [-0.2, 0) is 0 Å². The predicted molar refractivity (Wildman–Crippen MR) is 58.0 cm³/mol. The normalized spacial score (nSPS) is 14.7. The van der Waals surface area contributed by atoms with E-state index in [1.165, 1.54) is 7.11 Å². The van der Waals surface area contributed by atoms with Crippen LogP contribution in [0.25, 0.3) is 0 Å². The van der Waals surface area contributed by atoms with E-state index in [-0.39, 0.29) is 6.54 Å². The van der Waals surface area contributed by atoms with Gasteiger partial charge in [0.15, 0.2) is 0 Å². The summed E-state index contributed by atoms with van der Waals surface area (Å²) in [6.45, 7) is -0.0209. The summed E-state index contributed by atoms with van der Waals surface area (Å²) in [7, 11) is 1.47. The summed E-state index contributed by atoms with van der Waals surface area (Å²) in [5.74, 6) is 0.433. The molecule has 2 atom stereocenters. The molecular formula is C10H14ClNO3. The predicted octanol–water partition coefficient (Wildman–Crippen LogP) is 0.702. The highest BCUT2D eigenvalue weighted by Crippen LogP contribution is 2.29. The zero-order valence-electron chi connectivity index (χ0n) is 8.35. The van der Waals surface area contributed by atoms with Crippen molar-refractivity contribution in [2.45, 2.75) is 12.2 Å². The molecule has 0 fully saturated rings. The first-order chi connectivity index (χ1) is 7.10. The Balaban J connectivity index is 3.02. The molecule has 0 aromatic heterocycles. The first kappa shape index (κ1) is 12.3. The van der Waals surface area contributed by atoms with Crippen LogP contribution in [-0.4, -0.2) is 30.0 Å². The van der Waals surface area contributed by atoms with Crippen LogP contribution < -0.4 is 10.5 Å². The maximum absolute atomic E-state index is 9.74. The van der Waals surface area contributed by atoms with Crippen LogP contribution in [0, 0.1) is 0 Å². The van der Waals surface area contributed by atoms with Crippen molar-refractivity contribution in [2.24, 2.45) is 5.73 Å². The van der Waals surface area contributed by atoms with Gasteiger partial charge in [0.05, 0.1) is 13.2 Å². The number of aliphatic hydroxyl groups excluding tert-OH is 2. The van der Waals surface area contributed by atoms with Crippen molar-refractivity contribution in [3.05, 3.63) is 28.8 Å². The Morgan fingerprint density at radius 2 is 2.13 bits per heavy atom. The van der Waals surface area contributed by atoms with E-state index < -0.39 is 12.2 Å². The number of rotatable bonds is 4. The summed E-state index contributed by atoms with van der Waals surface area (Å²) in [4.78, 5) is 0. The molecule has 2 unspecified atom stereocenters. The highest BCUT2D eigenvalue weighted by molar-refractivity contribution is 6.30. The van der Waals surface area contributed by atoms with Gasteiger partial charge in [-0.25, -0.2) is 0 Å². The smallest absolute Gasteiger partial charge is 0.126 e. The van der Waals surface area contributed by atoms with Crippen molar-refractivity contribution in [2.75, 3.05) is 13.7 Å². The zero-order valence-corrected chi connectivity index (χ0v) is 9.11. The molecule has 0 bridgehead atoms. The zero-order chi connectivity index (χ0) is 11.4. The summed E-state index contributed by atoms with van der Waals surface area (Å²) in [6.07, 6.45) is -2.08. The molecule has 0 heterocycles. The fourth-order valence-electron chi connectivity index (χ4n) is 1.27. The molecule has 0 radical (unpaired) electrons. The molecule has 1 rings (SSSR count). The minimum absolute atomic E-state index is 0.0209. The van der Waals surface area contributed by atoms with Gasteiger partial charge >= 0.3 is 0 Å². The Kier molecular flexibility index (Phi) is 4.35. The third kappa shape index (κ3) is 2.82. The van der Waals surface area contributed by atoms with Gasteiger partial charge in [-0.3, -0.25) is 0 Å². The van der Waals surface area contributed by atoms with Gasteiger partial charge in [0, 0.05) is 17.1 Å². The fourth-order valence-corrected chi connectivity index (χ4v) is 1.43. The largest absolute Gasteiger partial charge is 0.496 e. The topological polar surface area (TPSA) is 75.7 Å². The van der Waals surface area contributed by atoms with Crippen molar-refractivity contribution in [1.29, 1.82) is 0 Å². The van der Waals surface area contributed by atoms with E-state index in [9.17, 15) is 10.2 Å². The third-order valence-electron chi connectivity index (χ3n) is 2.12. The second-order valence-corrected chi connectivity index (χ2v) is 3.57. The number of ether oxygens (including phenoxy) is 1. The Hall–Kier alpha value is -0.810. The van der Waals surface area contributed by atoms with Gasteiger partial charge in [-0.05, 0) is 12.1 Å². The molecular weight excluding hydrogens is 218 g/mol. The second-order valence-electron chi connectivity index (χ2n) is 3.13. The first-order valence-electron chi connectivity index (χ1n) is 4.49. The van der Waals surface area contributed by atoms with Crippen LogP contribution in [0.5, 0.6) is 5.75 Å². The molecule has 5 heteroatoms. The lowest BCUT2D eigenvalue weighted by atomic mass is 10.0. The quantitative estimate of drug-likeness (QED) is 0.713. The van der Waals surface area contributed by atoms with Gasteiger partial charge < -0.3 is 20.7 Å². The van der Waals surface area contributed by atoms with Crippen LogP contribution >= 0.6 is 11.6 Å². The fraction of sp³-hybridized carbons (Fsp3) is 0.400. The molecule has 0 amide bonds. The number of methoxy groups -OCH3 is 1. The molecule has 0 saturated carbocycles. The van der Waals surface area contributed by atoms with Crippen molar-refractivity contribution in [3.8, 4) is 5.75 Å². The van der Waals surface area contributed by atoms with E-state index >= 15 is 0 Å². The molecule has 0 aliphatic carbocycles. The van der Waals surface area contributed by atoms with E-state index in [2.05, 4.69) is 0 Å². The Morgan fingerprint density at radius 1 is 1.47 bits per heavy atom. The van der Waals surface area contributed by atoms with E-state index in [4.69, 9.17) is 22.1 Å². The third-order valence-corrected chi connectivity index (χ3v) is 2.36. The molecule has 0 spiro atoms. The Morgan fingerprint density at radius 3 is 2.67 bits per heavy atom. The van der Waals surface area contributed by atoms with Crippen LogP contribution in [0.3, 0.4) is 0 Å². The van der Waals surface area contributed by atoms with Crippen LogP contribution in [0.2, 0.25) is 5.02 Å². The van der Waals surface area contributed by atoms with Crippen molar-refractivity contribution >= 4 is 11.6 Å². The lowest BCUT2D eigenvalue weighted by Gasteiger charge is -2.18. The van der Waals surface area contributed by atoms with Gasteiger partial charge in [-0.2, -0.15) is 0 Å². The molecule has 15 heavy (non-hydrogen) atoms. The molecule has 0 aliphatic heterocycles. The van der Waals surface area contributed by atoms with Gasteiger partial charge in [-0.15, -0.1) is 0 Å². The lowest BCUT2D eigenvalue weighted by Crippen LogP contribution is -2.27. The molecule has 0 aliphatic rings. The Bertz CT molecular complexity index is 332. The average Bonchev–Trinajstić information content (AvgIpc) is 2.26. The van der Waals surface area contributed by atoms with Crippen LogP contribution in [0.4, 0.5) is 0 Å². The highest BCUT2D eigenvalue weighted by Gasteiger charge is 2.20. The molecule has 84 valence electrons. The van der Waals surface area contributed by atoms with Gasteiger partial charge in [0.1, 0.15) is 11.9 Å². The van der Waals surface area contributed by atoms with Gasteiger partial charge in [-0.1, -0.05) is 17.7 Å². The number of hydrogen-bond donors (Lipinski definition) is 3. The Labute approximate surface area is 93.2 Å². The summed E-state index contributed by atoms with van der Waals surface area (Å²) in [6, 6.07) is 4.79. The molecule has 4 N–H and O–H groups in total. The number of hydrogen-bond acceptors (Lipinski definition) is 4. The summed E-state index contributed by atoms with van der Waals surface area (Å²) in [5.41, 5.74) is 5.73.